The van der Waals surface area contributed by atoms with Gasteiger partial charge >= 0.3 is 0 Å². The summed E-state index contributed by atoms with van der Waals surface area (Å²) in [4.78, 5) is 22.6. The molecule has 0 spiro atoms. The van der Waals surface area contributed by atoms with E-state index in [1.165, 1.54) is 0 Å². The van der Waals surface area contributed by atoms with Crippen molar-refractivity contribution in [3.63, 3.8) is 0 Å². The Hall–Kier alpha value is -3.02. The molecule has 0 radical (unpaired) electrons. The van der Waals surface area contributed by atoms with Crippen molar-refractivity contribution < 1.29 is 19.1 Å². The second-order valence-corrected chi connectivity index (χ2v) is 4.85. The second-order valence-electron chi connectivity index (χ2n) is 4.85. The largest absolute Gasteiger partial charge is 0.497 e. The molecule has 0 unspecified atom stereocenters. The Morgan fingerprint density at radius 1 is 1.00 bits per heavy atom. The molecule has 2 aromatic rings. The number of rotatable bonds is 7. The van der Waals surface area contributed by atoms with Gasteiger partial charge < -0.3 is 20.5 Å². The molecule has 0 saturated carbocycles. The lowest BCUT2D eigenvalue weighted by atomic mass is 10.1. The lowest BCUT2D eigenvalue weighted by molar-refractivity contribution is -0.120. The van der Waals surface area contributed by atoms with Gasteiger partial charge in [0, 0.05) is 5.69 Å². The van der Waals surface area contributed by atoms with E-state index in [1.54, 1.807) is 31.4 Å². The molecule has 6 nitrogen and oxygen atoms in total. The van der Waals surface area contributed by atoms with Gasteiger partial charge in [-0.3, -0.25) is 9.59 Å². The van der Waals surface area contributed by atoms with Crippen molar-refractivity contribution in [2.75, 3.05) is 19.0 Å². The van der Waals surface area contributed by atoms with Crippen molar-refractivity contribution in [1.82, 2.24) is 0 Å². The van der Waals surface area contributed by atoms with Crippen LogP contribution in [0.1, 0.15) is 5.56 Å². The summed E-state index contributed by atoms with van der Waals surface area (Å²) in [5, 5.41) is 2.79. The number of nitrogens with two attached hydrogens (primary N) is 1. The van der Waals surface area contributed by atoms with Crippen LogP contribution in [-0.2, 0) is 16.0 Å². The third-order valence-electron chi connectivity index (χ3n) is 3.04. The molecule has 3 N–H and O–H groups in total. The molecule has 120 valence electrons. The fourth-order valence-electron chi connectivity index (χ4n) is 1.92. The molecule has 0 aromatic heterocycles. The number of nitrogens with one attached hydrogen (secondary N) is 1. The van der Waals surface area contributed by atoms with E-state index in [1.807, 2.05) is 24.3 Å². The molecule has 0 aliphatic heterocycles. The zero-order valence-electron chi connectivity index (χ0n) is 12.7. The summed E-state index contributed by atoms with van der Waals surface area (Å²) in [6.07, 6.45) is 0.268. The Morgan fingerprint density at radius 2 is 1.61 bits per heavy atom. The first-order chi connectivity index (χ1) is 11.1. The first-order valence-corrected chi connectivity index (χ1v) is 7.01. The Bertz CT molecular complexity index is 666. The Balaban J connectivity index is 1.87. The quantitative estimate of drug-likeness (QED) is 0.814. The Morgan fingerprint density at radius 3 is 2.17 bits per heavy atom. The second kappa shape index (κ2) is 7.84. The normalized spacial score (nSPS) is 9.96. The molecule has 0 bridgehead atoms. The van der Waals surface area contributed by atoms with Crippen molar-refractivity contribution >= 4 is 17.5 Å². The summed E-state index contributed by atoms with van der Waals surface area (Å²) < 4.78 is 10.2. The lowest BCUT2D eigenvalue weighted by Gasteiger charge is -2.08. The summed E-state index contributed by atoms with van der Waals surface area (Å²) >= 11 is 0. The number of ether oxygens (including phenoxy) is 2. The van der Waals surface area contributed by atoms with Gasteiger partial charge in [0.25, 0.3) is 5.91 Å². The Labute approximate surface area is 134 Å². The van der Waals surface area contributed by atoms with Crippen molar-refractivity contribution in [1.29, 1.82) is 0 Å². The summed E-state index contributed by atoms with van der Waals surface area (Å²) in [5.74, 6) is 0.598. The van der Waals surface area contributed by atoms with E-state index in [0.29, 0.717) is 11.4 Å². The highest BCUT2D eigenvalue weighted by molar-refractivity contribution is 5.92. The van der Waals surface area contributed by atoms with Crippen LogP contribution in [0, 0.1) is 0 Å². The number of benzene rings is 2. The van der Waals surface area contributed by atoms with Gasteiger partial charge in [0.15, 0.2) is 6.61 Å². The summed E-state index contributed by atoms with van der Waals surface area (Å²) in [7, 11) is 1.60. The minimum atomic E-state index is -0.540. The van der Waals surface area contributed by atoms with Crippen LogP contribution in [0.3, 0.4) is 0 Å². The zero-order valence-corrected chi connectivity index (χ0v) is 12.7. The monoisotopic (exact) mass is 314 g/mol. The number of anilines is 1. The van der Waals surface area contributed by atoms with Crippen LogP contribution in [-0.4, -0.2) is 25.5 Å². The molecule has 0 heterocycles. The average Bonchev–Trinajstić information content (AvgIpc) is 2.55. The lowest BCUT2D eigenvalue weighted by Crippen LogP contribution is -2.20. The zero-order chi connectivity index (χ0) is 16.7. The molecular weight excluding hydrogens is 296 g/mol. The Kier molecular flexibility index (Phi) is 5.57. The van der Waals surface area contributed by atoms with Crippen molar-refractivity contribution in [2.24, 2.45) is 5.73 Å². The molecular formula is C17H18N2O4. The fourth-order valence-corrected chi connectivity index (χ4v) is 1.92. The molecule has 2 aromatic carbocycles. The van der Waals surface area contributed by atoms with E-state index in [-0.39, 0.29) is 18.9 Å². The van der Waals surface area contributed by atoms with Gasteiger partial charge in [0.1, 0.15) is 11.5 Å². The molecule has 23 heavy (non-hydrogen) atoms. The highest BCUT2D eigenvalue weighted by atomic mass is 16.5. The number of amides is 2. The third-order valence-corrected chi connectivity index (χ3v) is 3.04. The smallest absolute Gasteiger partial charge is 0.255 e. The maximum atomic E-state index is 12.0. The van der Waals surface area contributed by atoms with Gasteiger partial charge in [-0.25, -0.2) is 0 Å². The molecule has 0 aliphatic carbocycles. The molecule has 0 fully saturated rings. The van der Waals surface area contributed by atoms with Gasteiger partial charge in [-0.2, -0.15) is 0 Å². The molecule has 6 heteroatoms. The predicted molar refractivity (Wildman–Crippen MR) is 86.5 cm³/mol. The summed E-state index contributed by atoms with van der Waals surface area (Å²) in [5.41, 5.74) is 6.54. The minimum absolute atomic E-state index is 0.124. The maximum Gasteiger partial charge on any atom is 0.255 e. The number of primary amides is 1. The first kappa shape index (κ1) is 16.4. The van der Waals surface area contributed by atoms with Crippen molar-refractivity contribution in [2.45, 2.75) is 6.42 Å². The van der Waals surface area contributed by atoms with Crippen LogP contribution in [0.2, 0.25) is 0 Å². The summed E-state index contributed by atoms with van der Waals surface area (Å²) in [6.45, 7) is -0.177. The van der Waals surface area contributed by atoms with E-state index >= 15 is 0 Å². The van der Waals surface area contributed by atoms with E-state index in [2.05, 4.69) is 5.32 Å². The van der Waals surface area contributed by atoms with E-state index in [4.69, 9.17) is 15.2 Å². The van der Waals surface area contributed by atoms with Crippen LogP contribution >= 0.6 is 0 Å². The van der Waals surface area contributed by atoms with Gasteiger partial charge in [0.05, 0.1) is 13.5 Å². The SMILES string of the molecule is COc1ccc(CC(=O)Nc2ccc(OCC(N)=O)cc2)cc1. The van der Waals surface area contributed by atoms with Gasteiger partial charge in [-0.05, 0) is 42.0 Å². The summed E-state index contributed by atoms with van der Waals surface area (Å²) in [6, 6.07) is 14.0. The average molecular weight is 314 g/mol. The molecule has 2 amide bonds. The standard InChI is InChI=1S/C17H18N2O4/c1-22-14-6-2-12(3-7-14)10-17(21)19-13-4-8-15(9-5-13)23-11-16(18)20/h2-9H,10-11H2,1H3,(H2,18,20)(H,19,21). The number of hydrogen-bond donors (Lipinski definition) is 2. The van der Waals surface area contributed by atoms with Crippen LogP contribution in [0.5, 0.6) is 11.5 Å². The highest BCUT2D eigenvalue weighted by Gasteiger charge is 2.05. The molecule has 0 saturated heterocycles. The highest BCUT2D eigenvalue weighted by Crippen LogP contribution is 2.16. The van der Waals surface area contributed by atoms with Gasteiger partial charge in [0.2, 0.25) is 5.91 Å². The third kappa shape index (κ3) is 5.35. The van der Waals surface area contributed by atoms with E-state index < -0.39 is 5.91 Å². The number of carbonyl (C=O) groups excluding carboxylic acids is 2. The maximum absolute atomic E-state index is 12.0. The van der Waals surface area contributed by atoms with Gasteiger partial charge in [-0.15, -0.1) is 0 Å². The number of hydrogen-bond acceptors (Lipinski definition) is 4. The van der Waals surface area contributed by atoms with Gasteiger partial charge in [-0.1, -0.05) is 12.1 Å². The van der Waals surface area contributed by atoms with Crippen molar-refractivity contribution in [3.8, 4) is 11.5 Å². The molecule has 0 atom stereocenters. The van der Waals surface area contributed by atoms with Crippen molar-refractivity contribution in [3.05, 3.63) is 54.1 Å². The van der Waals surface area contributed by atoms with E-state index in [9.17, 15) is 9.59 Å². The molecule has 2 rings (SSSR count). The van der Waals surface area contributed by atoms with Crippen LogP contribution < -0.4 is 20.5 Å². The fraction of sp³-hybridized carbons (Fsp3) is 0.176. The number of carbonyl (C=O) groups is 2. The van der Waals surface area contributed by atoms with E-state index in [0.717, 1.165) is 11.3 Å². The topological polar surface area (TPSA) is 90.7 Å². The van der Waals surface area contributed by atoms with Crippen LogP contribution in [0.15, 0.2) is 48.5 Å². The first-order valence-electron chi connectivity index (χ1n) is 7.01. The van der Waals surface area contributed by atoms with Crippen LogP contribution in [0.4, 0.5) is 5.69 Å². The predicted octanol–water partition coefficient (Wildman–Crippen LogP) is 1.74. The minimum Gasteiger partial charge on any atom is -0.497 e. The molecule has 0 aliphatic rings. The van der Waals surface area contributed by atoms with Crippen LogP contribution in [0.25, 0.3) is 0 Å². The number of methoxy groups -OCH3 is 1.